The molecule has 2 aromatic carbocycles. The van der Waals surface area contributed by atoms with E-state index < -0.39 is 5.97 Å². The Morgan fingerprint density at radius 2 is 1.21 bits per heavy atom. The molecule has 0 radical (unpaired) electrons. The van der Waals surface area contributed by atoms with Gasteiger partial charge in [-0.05, 0) is 105 Å². The third kappa shape index (κ3) is 11.9. The fourth-order valence-electron chi connectivity index (χ4n) is 9.59. The Bertz CT molecular complexity index is 2890. The Balaban J connectivity index is 0.000000166. The number of hydrogen-bond donors (Lipinski definition) is 2. The van der Waals surface area contributed by atoms with Crippen molar-refractivity contribution >= 4 is 34.3 Å². The van der Waals surface area contributed by atoms with Gasteiger partial charge < -0.3 is 24.8 Å². The molecule has 71 heavy (non-hydrogen) atoms. The van der Waals surface area contributed by atoms with Crippen LogP contribution in [0.4, 0.5) is 8.78 Å². The van der Waals surface area contributed by atoms with Crippen LogP contribution in [0, 0.1) is 11.6 Å². The van der Waals surface area contributed by atoms with Gasteiger partial charge in [-0.3, -0.25) is 28.2 Å². The Hall–Kier alpha value is -6.70. The Kier molecular flexibility index (Phi) is 17.1. The summed E-state index contributed by atoms with van der Waals surface area (Å²) in [5.74, 6) is 2.26. The molecular weight excluding hydrogens is 911 g/mol. The molecule has 0 bridgehead atoms. The molecule has 0 atom stereocenters. The van der Waals surface area contributed by atoms with E-state index in [1.807, 2.05) is 44.8 Å². The van der Waals surface area contributed by atoms with E-state index in [4.69, 9.17) is 19.6 Å². The summed E-state index contributed by atoms with van der Waals surface area (Å²) in [4.78, 5) is 38.0. The quantitative estimate of drug-likeness (QED) is 0.120. The number of carbonyl (C=O) groups excluding carboxylic acids is 1. The highest BCUT2D eigenvalue weighted by Crippen LogP contribution is 2.33. The monoisotopic (exact) mass is 975 g/mol. The number of halogens is 2. The normalized spacial score (nSPS) is 15.1. The highest BCUT2D eigenvalue weighted by Gasteiger charge is 2.24. The SMILES string of the molecule is CCN(CC)CC(=O)N1CC=C(c2cnc(CCc3c(F)ccc4c3CCO4)n3cnnc23)CC1.CCN(CC)CC(=O)O.Fc1ccc2c(c1CCc1ncc(C3=CCNCC3)c3nncn13)CCO2. The third-order valence-corrected chi connectivity index (χ3v) is 13.7. The lowest BCUT2D eigenvalue weighted by Gasteiger charge is -2.29. The summed E-state index contributed by atoms with van der Waals surface area (Å²) in [5.41, 5.74) is 9.28. The number of carboxylic acids is 1. The Morgan fingerprint density at radius 1 is 0.690 bits per heavy atom. The lowest BCUT2D eigenvalue weighted by atomic mass is 9.99. The van der Waals surface area contributed by atoms with Crippen LogP contribution in [0.15, 0.2) is 61.5 Å². The molecule has 0 saturated carbocycles. The van der Waals surface area contributed by atoms with Gasteiger partial charge in [0.25, 0.3) is 0 Å². The van der Waals surface area contributed by atoms with Gasteiger partial charge in [0.1, 0.15) is 47.4 Å². The molecule has 1 amide bonds. The van der Waals surface area contributed by atoms with E-state index in [0.29, 0.717) is 64.1 Å². The number of carbonyl (C=O) groups is 2. The lowest BCUT2D eigenvalue weighted by molar-refractivity contribution is -0.138. The number of fused-ring (bicyclic) bond motifs is 4. The predicted octanol–water partition coefficient (Wildman–Crippen LogP) is 5.71. The first-order valence-corrected chi connectivity index (χ1v) is 24.9. The zero-order chi connectivity index (χ0) is 49.9. The van der Waals surface area contributed by atoms with Gasteiger partial charge in [-0.25, -0.2) is 18.7 Å². The van der Waals surface area contributed by atoms with E-state index in [0.717, 1.165) is 133 Å². The summed E-state index contributed by atoms with van der Waals surface area (Å²) >= 11 is 0. The number of amides is 1. The largest absolute Gasteiger partial charge is 0.493 e. The number of rotatable bonds is 16. The van der Waals surface area contributed by atoms with Crippen molar-refractivity contribution in [1.29, 1.82) is 0 Å². The number of benzene rings is 2. The topological polar surface area (TPSA) is 181 Å². The van der Waals surface area contributed by atoms with E-state index in [1.165, 1.54) is 17.7 Å². The van der Waals surface area contributed by atoms with Gasteiger partial charge >= 0.3 is 5.97 Å². The molecule has 0 fully saturated rings. The molecular formula is C52H64F2N12O5. The number of ether oxygens (including phenoxy) is 2. The fourth-order valence-corrected chi connectivity index (χ4v) is 9.59. The number of hydrogen-bond acceptors (Lipinski definition) is 13. The number of aryl methyl sites for hydroxylation is 2. The zero-order valence-corrected chi connectivity index (χ0v) is 41.2. The Morgan fingerprint density at radius 3 is 1.66 bits per heavy atom. The van der Waals surface area contributed by atoms with Crippen molar-refractivity contribution in [2.24, 2.45) is 0 Å². The summed E-state index contributed by atoms with van der Waals surface area (Å²) in [6.07, 6.45) is 16.8. The summed E-state index contributed by atoms with van der Waals surface area (Å²) in [6.45, 7) is 16.3. The number of carboxylic acid groups (broad SMARTS) is 1. The van der Waals surface area contributed by atoms with Gasteiger partial charge in [-0.1, -0.05) is 39.8 Å². The summed E-state index contributed by atoms with van der Waals surface area (Å²) in [6, 6.07) is 6.41. The maximum Gasteiger partial charge on any atom is 0.317 e. The molecule has 4 aliphatic rings. The molecule has 17 nitrogen and oxygen atoms in total. The minimum Gasteiger partial charge on any atom is -0.493 e. The summed E-state index contributed by atoms with van der Waals surface area (Å²) in [7, 11) is 0. The molecule has 2 N–H and O–H groups in total. The lowest BCUT2D eigenvalue weighted by Crippen LogP contribution is -2.42. The van der Waals surface area contributed by atoms with Gasteiger partial charge in [-0.15, -0.1) is 20.4 Å². The molecule has 376 valence electrons. The number of aliphatic carboxylic acids is 1. The van der Waals surface area contributed by atoms with Crippen LogP contribution in [-0.4, -0.2) is 150 Å². The number of likely N-dealkylation sites (N-methyl/N-ethyl adjacent to an activating group) is 2. The molecule has 4 aromatic heterocycles. The number of nitrogens with zero attached hydrogens (tertiary/aromatic N) is 11. The molecule has 4 aliphatic heterocycles. The zero-order valence-electron chi connectivity index (χ0n) is 41.2. The summed E-state index contributed by atoms with van der Waals surface area (Å²) in [5, 5.41) is 28.5. The van der Waals surface area contributed by atoms with Gasteiger partial charge in [0, 0.05) is 80.0 Å². The minimum absolute atomic E-state index is 0.160. The first-order valence-electron chi connectivity index (χ1n) is 24.9. The van der Waals surface area contributed by atoms with Crippen molar-refractivity contribution in [2.45, 2.75) is 79.1 Å². The van der Waals surface area contributed by atoms with Crippen molar-refractivity contribution in [3.05, 3.63) is 118 Å². The van der Waals surface area contributed by atoms with Crippen molar-refractivity contribution in [2.75, 3.05) is 78.7 Å². The van der Waals surface area contributed by atoms with E-state index in [2.05, 4.69) is 61.6 Å². The first-order chi connectivity index (χ1) is 34.6. The molecule has 0 aliphatic carbocycles. The highest BCUT2D eigenvalue weighted by molar-refractivity contribution is 5.81. The van der Waals surface area contributed by atoms with Crippen molar-refractivity contribution in [1.82, 2.24) is 59.2 Å². The van der Waals surface area contributed by atoms with Crippen LogP contribution in [0.3, 0.4) is 0 Å². The molecule has 0 spiro atoms. The average Bonchev–Trinajstić information content (AvgIpc) is 4.26. The van der Waals surface area contributed by atoms with E-state index >= 15 is 0 Å². The van der Waals surface area contributed by atoms with E-state index in [-0.39, 0.29) is 24.1 Å². The average molecular weight is 975 g/mol. The first kappa shape index (κ1) is 50.7. The molecule has 19 heteroatoms. The minimum atomic E-state index is -0.751. The molecule has 0 saturated heterocycles. The highest BCUT2D eigenvalue weighted by atomic mass is 19.1. The third-order valence-electron chi connectivity index (χ3n) is 13.7. The predicted molar refractivity (Wildman–Crippen MR) is 265 cm³/mol. The van der Waals surface area contributed by atoms with E-state index in [9.17, 15) is 18.4 Å². The fraction of sp³-hybridized carbons (Fsp3) is 0.462. The molecule has 8 heterocycles. The second-order valence-corrected chi connectivity index (χ2v) is 17.7. The van der Waals surface area contributed by atoms with Crippen LogP contribution in [0.25, 0.3) is 22.4 Å². The summed E-state index contributed by atoms with van der Waals surface area (Å²) < 4.78 is 43.9. The standard InChI is InChI=1S/C26H31FN6O2.C20H20FN5O.C6H13NO2/c1-3-31(4-2)16-25(34)32-12-9-18(10-13-32)21-15-28-24(33-17-29-30-26(21)33)8-5-19-20-11-14-35-23(20)7-6-22(19)27;21-17-2-3-18-15(7-10-27-18)14(17)1-4-19-23-11-16(13-5-8-22-9-6-13)20-25-24-12-26(19)20;1-3-7(4-2)5-6(8)9/h6-7,9,15,17H,3-5,8,10-14,16H2,1-2H3;2-3,5,11-12,22H,1,4,6-10H2;3-5H2,1-2H3,(H,8,9). The molecule has 6 aromatic rings. The van der Waals surface area contributed by atoms with Crippen LogP contribution < -0.4 is 14.8 Å². The smallest absolute Gasteiger partial charge is 0.317 e. The maximum atomic E-state index is 14.6. The second kappa shape index (κ2) is 23.9. The van der Waals surface area contributed by atoms with Crippen LogP contribution in [0.2, 0.25) is 0 Å². The van der Waals surface area contributed by atoms with Crippen molar-refractivity contribution in [3.8, 4) is 11.5 Å². The van der Waals surface area contributed by atoms with Gasteiger partial charge in [0.05, 0.1) is 26.3 Å². The van der Waals surface area contributed by atoms with Crippen LogP contribution in [0.1, 0.15) is 85.6 Å². The van der Waals surface area contributed by atoms with Gasteiger partial charge in [-0.2, -0.15) is 0 Å². The van der Waals surface area contributed by atoms with Crippen molar-refractivity contribution < 1.29 is 33.0 Å². The second-order valence-electron chi connectivity index (χ2n) is 17.7. The molecule has 10 rings (SSSR count). The number of aromatic nitrogens is 8. The van der Waals surface area contributed by atoms with Crippen LogP contribution >= 0.6 is 0 Å². The van der Waals surface area contributed by atoms with E-state index in [1.54, 1.807) is 24.8 Å². The molecule has 0 unspecified atom stereocenters. The maximum absolute atomic E-state index is 14.6. The van der Waals surface area contributed by atoms with Crippen LogP contribution in [0.5, 0.6) is 11.5 Å². The van der Waals surface area contributed by atoms with Gasteiger partial charge in [0.2, 0.25) is 5.91 Å². The Labute approximate surface area is 412 Å². The van der Waals surface area contributed by atoms with Crippen LogP contribution in [-0.2, 0) is 48.1 Å². The van der Waals surface area contributed by atoms with Gasteiger partial charge in [0.15, 0.2) is 11.3 Å². The van der Waals surface area contributed by atoms with Crippen molar-refractivity contribution in [3.63, 3.8) is 0 Å². The number of nitrogens with one attached hydrogen (secondary N) is 1.